The molecule has 3 heterocycles. The third-order valence-corrected chi connectivity index (χ3v) is 8.10. The van der Waals surface area contributed by atoms with Gasteiger partial charge in [0.2, 0.25) is 5.89 Å². The first kappa shape index (κ1) is 26.2. The van der Waals surface area contributed by atoms with Crippen LogP contribution in [0.3, 0.4) is 0 Å². The van der Waals surface area contributed by atoms with Crippen molar-refractivity contribution in [3.05, 3.63) is 65.7 Å². The van der Waals surface area contributed by atoms with Crippen molar-refractivity contribution in [3.8, 4) is 5.75 Å². The van der Waals surface area contributed by atoms with Crippen LogP contribution in [0.15, 0.2) is 58.6 Å². The molecule has 3 unspecified atom stereocenters. The highest BCUT2D eigenvalue weighted by Crippen LogP contribution is 2.45. The van der Waals surface area contributed by atoms with Crippen molar-refractivity contribution in [2.75, 3.05) is 7.11 Å². The number of hydrogen-bond donors (Lipinski definition) is 3. The molecule has 0 bridgehead atoms. The maximum atomic E-state index is 14.3. The zero-order valence-corrected chi connectivity index (χ0v) is 21.4. The minimum Gasteiger partial charge on any atom is -0.494 e. The molecule has 0 spiro atoms. The van der Waals surface area contributed by atoms with E-state index in [4.69, 9.17) is 9.15 Å². The van der Waals surface area contributed by atoms with Crippen LogP contribution in [-0.2, 0) is 9.59 Å². The predicted molar refractivity (Wildman–Crippen MR) is 136 cm³/mol. The molecule has 1 aliphatic carbocycles. The van der Waals surface area contributed by atoms with Gasteiger partial charge < -0.3 is 19.6 Å². The van der Waals surface area contributed by atoms with Gasteiger partial charge in [-0.3, -0.25) is 9.59 Å². The number of carbonyl (C=O) groups is 2. The Bertz CT molecular complexity index is 1480. The number of ether oxygens (including phenoxy) is 1. The van der Waals surface area contributed by atoms with Crippen molar-refractivity contribution in [3.63, 3.8) is 0 Å². The molecule has 40 heavy (non-hydrogen) atoms. The van der Waals surface area contributed by atoms with E-state index < -0.39 is 42.1 Å². The number of carbonyl (C=O) groups excluding carboxylic acids is 1. The number of nitrogens with zero attached hydrogens (tertiary/aromatic N) is 2. The Hall–Kier alpha value is -4.06. The number of alkyl halides is 3. The van der Waals surface area contributed by atoms with E-state index in [1.54, 1.807) is 48.5 Å². The number of rotatable bonds is 5. The maximum absolute atomic E-state index is 14.3. The summed E-state index contributed by atoms with van der Waals surface area (Å²) in [6.45, 7) is 0. The number of aromatic nitrogens is 1. The molecule has 3 aromatic rings. The molecule has 2 aromatic carbocycles. The maximum Gasteiger partial charge on any atom is 0.406 e. The number of para-hydroxylation sites is 1. The van der Waals surface area contributed by atoms with Crippen LogP contribution in [0.25, 0.3) is 16.7 Å². The van der Waals surface area contributed by atoms with Crippen LogP contribution in [0.4, 0.5) is 13.2 Å². The van der Waals surface area contributed by atoms with Crippen molar-refractivity contribution in [2.45, 2.75) is 50.0 Å². The summed E-state index contributed by atoms with van der Waals surface area (Å²) in [5, 5.41) is 13.8. The van der Waals surface area contributed by atoms with Crippen molar-refractivity contribution in [1.29, 1.82) is 0 Å². The lowest BCUT2D eigenvalue weighted by atomic mass is 9.78. The molecule has 1 aromatic heterocycles. The largest absolute Gasteiger partial charge is 0.494 e. The Morgan fingerprint density at radius 3 is 2.48 bits per heavy atom. The second kappa shape index (κ2) is 9.84. The van der Waals surface area contributed by atoms with Crippen molar-refractivity contribution >= 4 is 28.5 Å². The normalized spacial score (nSPS) is 27.1. The molecule has 210 valence electrons. The van der Waals surface area contributed by atoms with Gasteiger partial charge in [0.25, 0.3) is 5.91 Å². The Kier molecular flexibility index (Phi) is 6.44. The number of amides is 1. The minimum atomic E-state index is -4.65. The van der Waals surface area contributed by atoms with E-state index in [9.17, 15) is 27.9 Å². The molecule has 1 saturated carbocycles. The molecular formula is C28H27F3N4O5. The predicted octanol–water partition coefficient (Wildman–Crippen LogP) is 4.43. The molecule has 1 saturated heterocycles. The molecule has 2 aliphatic heterocycles. The number of allylic oxidation sites excluding steroid dienone is 1. The molecule has 9 nitrogen and oxygen atoms in total. The number of aliphatic carboxylic acids is 1. The quantitative estimate of drug-likeness (QED) is 0.423. The smallest absolute Gasteiger partial charge is 0.406 e. The number of halogens is 3. The number of hydrazine groups is 1. The fourth-order valence-electron chi connectivity index (χ4n) is 6.14. The molecule has 3 atom stereocenters. The van der Waals surface area contributed by atoms with E-state index in [0.29, 0.717) is 53.8 Å². The number of benzene rings is 2. The van der Waals surface area contributed by atoms with Crippen LogP contribution < -0.4 is 15.5 Å². The van der Waals surface area contributed by atoms with Crippen LogP contribution in [0.1, 0.15) is 43.1 Å². The van der Waals surface area contributed by atoms with Crippen LogP contribution in [0, 0.1) is 11.8 Å². The Morgan fingerprint density at radius 2 is 1.82 bits per heavy atom. The summed E-state index contributed by atoms with van der Waals surface area (Å²) in [6, 6.07) is 11.3. The van der Waals surface area contributed by atoms with E-state index in [2.05, 4.69) is 15.7 Å². The van der Waals surface area contributed by atoms with E-state index in [1.165, 1.54) is 7.11 Å². The highest BCUT2D eigenvalue weighted by Gasteiger charge is 2.58. The molecule has 6 rings (SSSR count). The third-order valence-electron chi connectivity index (χ3n) is 8.10. The van der Waals surface area contributed by atoms with Gasteiger partial charge in [-0.2, -0.15) is 13.2 Å². The van der Waals surface area contributed by atoms with Crippen molar-refractivity contribution < 1.29 is 37.0 Å². The average molecular weight is 557 g/mol. The molecule has 2 fully saturated rings. The molecule has 0 radical (unpaired) electrons. The zero-order chi connectivity index (χ0) is 28.2. The summed E-state index contributed by atoms with van der Waals surface area (Å²) < 4.78 is 54.4. The summed E-state index contributed by atoms with van der Waals surface area (Å²) in [5.41, 5.74) is 4.03. The van der Waals surface area contributed by atoms with Crippen molar-refractivity contribution in [2.24, 2.45) is 11.8 Å². The van der Waals surface area contributed by atoms with Crippen LogP contribution in [0.5, 0.6) is 5.75 Å². The van der Waals surface area contributed by atoms with Gasteiger partial charge in [-0.25, -0.2) is 15.4 Å². The zero-order valence-electron chi connectivity index (χ0n) is 21.4. The van der Waals surface area contributed by atoms with E-state index in [1.807, 2.05) is 0 Å². The van der Waals surface area contributed by atoms with Gasteiger partial charge in [-0.05, 0) is 49.3 Å². The van der Waals surface area contributed by atoms with Crippen LogP contribution in [-0.4, -0.2) is 52.5 Å². The molecular weight excluding hydrogens is 529 g/mol. The van der Waals surface area contributed by atoms with Crippen LogP contribution >= 0.6 is 0 Å². The number of fused-ring (bicyclic) bond motifs is 2. The summed E-state index contributed by atoms with van der Waals surface area (Å²) in [5.74, 6) is -3.14. The number of carboxylic acids is 1. The summed E-state index contributed by atoms with van der Waals surface area (Å²) in [7, 11) is 1.47. The molecule has 3 aliphatic rings. The number of hydrogen-bond acceptors (Lipinski definition) is 7. The van der Waals surface area contributed by atoms with Gasteiger partial charge in [-0.1, -0.05) is 36.4 Å². The summed E-state index contributed by atoms with van der Waals surface area (Å²) in [4.78, 5) is 30.2. The van der Waals surface area contributed by atoms with Gasteiger partial charge >= 0.3 is 12.1 Å². The monoisotopic (exact) mass is 556 g/mol. The lowest BCUT2D eigenvalue weighted by Crippen LogP contribution is -2.55. The number of nitrogens with one attached hydrogen (secondary N) is 2. The number of oxazole rings is 1. The van der Waals surface area contributed by atoms with Crippen LogP contribution in [0.2, 0.25) is 0 Å². The first-order valence-electron chi connectivity index (χ1n) is 13.1. The minimum absolute atomic E-state index is 0.0235. The van der Waals surface area contributed by atoms with E-state index in [-0.39, 0.29) is 17.4 Å². The number of methoxy groups -OCH3 is 1. The number of carboxylic acid groups (broad SMARTS) is 1. The third kappa shape index (κ3) is 4.36. The Balaban J connectivity index is 1.47. The van der Waals surface area contributed by atoms with Crippen molar-refractivity contribution in [1.82, 2.24) is 20.7 Å². The standard InChI is InChI=1S/C28H27F3N4O5/c1-39-17-8-5-9-18-22(17)33-25(40-18)20-21(15-10-12-16(13-11-15)27(37)38)32-24-19(14-6-3-2-4-7-14)23(28(29,30)31)34-35(24)26(20)36/h2-9,15-16,19,23-24,32,34H,10-13H2,1H3,(H,37,38). The SMILES string of the molecule is COc1cccc2oc(C3=C(C4CCC(C(=O)O)CC4)NC4C(c5ccccc5)C(C(F)(F)F)NN4C3=O)nc12. The lowest BCUT2D eigenvalue weighted by Gasteiger charge is -2.39. The first-order chi connectivity index (χ1) is 19.2. The van der Waals surface area contributed by atoms with Gasteiger partial charge in [0, 0.05) is 5.70 Å². The highest BCUT2D eigenvalue weighted by atomic mass is 19.4. The summed E-state index contributed by atoms with van der Waals surface area (Å²) >= 11 is 0. The lowest BCUT2D eigenvalue weighted by molar-refractivity contribution is -0.161. The second-order valence-electron chi connectivity index (χ2n) is 10.4. The van der Waals surface area contributed by atoms with E-state index >= 15 is 0 Å². The Morgan fingerprint density at radius 1 is 1.10 bits per heavy atom. The van der Waals surface area contributed by atoms with Gasteiger partial charge in [-0.15, -0.1) is 0 Å². The summed E-state index contributed by atoms with van der Waals surface area (Å²) in [6.07, 6.45) is -4.04. The average Bonchev–Trinajstić information content (AvgIpc) is 3.55. The van der Waals surface area contributed by atoms with Gasteiger partial charge in [0.05, 0.1) is 18.9 Å². The molecule has 12 heteroatoms. The Labute approximate surface area is 227 Å². The topological polar surface area (TPSA) is 117 Å². The van der Waals surface area contributed by atoms with Gasteiger partial charge in [0.15, 0.2) is 11.1 Å². The van der Waals surface area contributed by atoms with Gasteiger partial charge in [0.1, 0.15) is 23.5 Å². The first-order valence-corrected chi connectivity index (χ1v) is 13.1. The second-order valence-corrected chi connectivity index (χ2v) is 10.4. The fraction of sp³-hybridized carbons (Fsp3) is 0.393. The molecule has 3 N–H and O–H groups in total. The van der Waals surface area contributed by atoms with E-state index in [0.717, 1.165) is 5.01 Å². The fourth-order valence-corrected chi connectivity index (χ4v) is 6.14. The molecule has 1 amide bonds. The highest BCUT2D eigenvalue weighted by molar-refractivity contribution is 6.20.